The zero-order valence-corrected chi connectivity index (χ0v) is 6.66. The minimum absolute atomic E-state index is 0. The molecule has 0 aromatic heterocycles. The molecule has 2 rings (SSSR count). The van der Waals surface area contributed by atoms with Gasteiger partial charge in [0.05, 0.1) is 13.2 Å². The molecule has 2 saturated heterocycles. The Morgan fingerprint density at radius 3 is 1.64 bits per heavy atom. The fraction of sp³-hybridized carbons (Fsp3) is 1.00. The standard InChI is InChI=1S/C6H10O4.ClH/c7-3-1-9-6-4(8)2-10-5(3)6;/h3-8H,1-2H2;1H/t3-,4-,5+,6+;/m0./s1. The number of hydrogen-bond donors (Lipinski definition) is 2. The molecular formula is C6H11ClO4. The van der Waals surface area contributed by atoms with Crippen LogP contribution in [0.5, 0.6) is 0 Å². The van der Waals surface area contributed by atoms with Gasteiger partial charge in [0.1, 0.15) is 24.4 Å². The highest BCUT2D eigenvalue weighted by molar-refractivity contribution is 5.85. The van der Waals surface area contributed by atoms with Gasteiger partial charge in [-0.2, -0.15) is 0 Å². The van der Waals surface area contributed by atoms with Crippen molar-refractivity contribution in [1.29, 1.82) is 0 Å². The Balaban J connectivity index is 0.000000605. The molecule has 2 fully saturated rings. The summed E-state index contributed by atoms with van der Waals surface area (Å²) in [6.07, 6.45) is -1.70. The maximum absolute atomic E-state index is 9.16. The Morgan fingerprint density at radius 1 is 0.909 bits per heavy atom. The highest BCUT2D eigenvalue weighted by atomic mass is 35.5. The second-order valence-corrected chi connectivity index (χ2v) is 2.73. The molecule has 2 aliphatic heterocycles. The lowest BCUT2D eigenvalue weighted by Crippen LogP contribution is -2.30. The van der Waals surface area contributed by atoms with E-state index in [4.69, 9.17) is 19.7 Å². The monoisotopic (exact) mass is 182 g/mol. The molecule has 2 aliphatic rings. The van der Waals surface area contributed by atoms with Crippen LogP contribution in [-0.4, -0.2) is 47.8 Å². The van der Waals surface area contributed by atoms with Gasteiger partial charge >= 0.3 is 0 Å². The molecule has 0 saturated carbocycles. The maximum Gasteiger partial charge on any atom is 0.114 e. The van der Waals surface area contributed by atoms with E-state index in [9.17, 15) is 0 Å². The Kier molecular flexibility index (Phi) is 2.72. The predicted octanol–water partition coefficient (Wildman–Crippen LogP) is -1.07. The van der Waals surface area contributed by atoms with Crippen LogP contribution in [0, 0.1) is 0 Å². The Bertz CT molecular complexity index is 127. The number of rotatable bonds is 0. The lowest BCUT2D eigenvalue weighted by molar-refractivity contribution is 0.00205. The molecule has 0 unspecified atom stereocenters. The Morgan fingerprint density at radius 2 is 1.27 bits per heavy atom. The number of hydrogen-bond acceptors (Lipinski definition) is 4. The minimum Gasteiger partial charge on any atom is -0.388 e. The summed E-state index contributed by atoms with van der Waals surface area (Å²) >= 11 is 0. The van der Waals surface area contributed by atoms with Gasteiger partial charge in [0, 0.05) is 0 Å². The second kappa shape index (κ2) is 3.25. The van der Waals surface area contributed by atoms with Crippen molar-refractivity contribution in [3.05, 3.63) is 0 Å². The fourth-order valence-electron chi connectivity index (χ4n) is 1.46. The summed E-state index contributed by atoms with van der Waals surface area (Å²) < 4.78 is 10.2. The van der Waals surface area contributed by atoms with E-state index in [-0.39, 0.29) is 37.8 Å². The van der Waals surface area contributed by atoms with Crippen molar-refractivity contribution in [1.82, 2.24) is 0 Å². The van der Waals surface area contributed by atoms with Gasteiger partial charge in [-0.05, 0) is 0 Å². The van der Waals surface area contributed by atoms with Crippen molar-refractivity contribution in [2.24, 2.45) is 0 Å². The second-order valence-electron chi connectivity index (χ2n) is 2.73. The molecule has 4 atom stereocenters. The molecule has 2 N–H and O–H groups in total. The zero-order chi connectivity index (χ0) is 7.14. The topological polar surface area (TPSA) is 58.9 Å². The molecule has 0 aliphatic carbocycles. The zero-order valence-electron chi connectivity index (χ0n) is 5.84. The van der Waals surface area contributed by atoms with Crippen LogP contribution < -0.4 is 0 Å². The first-order chi connectivity index (χ1) is 4.79. The summed E-state index contributed by atoms with van der Waals surface area (Å²) in [6.45, 7) is 0.568. The number of ether oxygens (including phenoxy) is 2. The quantitative estimate of drug-likeness (QED) is 0.501. The van der Waals surface area contributed by atoms with E-state index in [0.717, 1.165) is 0 Å². The third kappa shape index (κ3) is 1.37. The molecule has 0 radical (unpaired) electrons. The van der Waals surface area contributed by atoms with Gasteiger partial charge in [-0.3, -0.25) is 0 Å². The average molecular weight is 183 g/mol. The van der Waals surface area contributed by atoms with Gasteiger partial charge in [0.15, 0.2) is 0 Å². The lowest BCUT2D eigenvalue weighted by Gasteiger charge is -2.09. The molecule has 11 heavy (non-hydrogen) atoms. The van der Waals surface area contributed by atoms with E-state index in [1.807, 2.05) is 0 Å². The predicted molar refractivity (Wildman–Crippen MR) is 38.7 cm³/mol. The Hall–Kier alpha value is 0.130. The minimum atomic E-state index is -0.554. The van der Waals surface area contributed by atoms with Crippen LogP contribution in [0.1, 0.15) is 0 Å². The smallest absolute Gasteiger partial charge is 0.114 e. The first-order valence-corrected chi connectivity index (χ1v) is 3.38. The van der Waals surface area contributed by atoms with E-state index in [2.05, 4.69) is 0 Å². The van der Waals surface area contributed by atoms with Crippen molar-refractivity contribution in [3.63, 3.8) is 0 Å². The number of aliphatic hydroxyl groups is 2. The summed E-state index contributed by atoms with van der Waals surface area (Å²) in [5, 5.41) is 18.3. The molecule has 66 valence electrons. The molecule has 0 aromatic rings. The Labute approximate surface area is 70.5 Å². The number of fused-ring (bicyclic) bond motifs is 1. The van der Waals surface area contributed by atoms with Gasteiger partial charge in [-0.25, -0.2) is 0 Å². The first kappa shape index (κ1) is 9.22. The van der Waals surface area contributed by atoms with Crippen LogP contribution in [-0.2, 0) is 9.47 Å². The van der Waals surface area contributed by atoms with Gasteiger partial charge in [0.25, 0.3) is 0 Å². The first-order valence-electron chi connectivity index (χ1n) is 3.38. The SMILES string of the molecule is Cl.O[C@H]1CO[C@H]2[C@@H]1OC[C@@H]2O. The van der Waals surface area contributed by atoms with Crippen LogP contribution in [0.4, 0.5) is 0 Å². The van der Waals surface area contributed by atoms with E-state index in [1.165, 1.54) is 0 Å². The molecule has 0 spiro atoms. The van der Waals surface area contributed by atoms with E-state index < -0.39 is 12.2 Å². The van der Waals surface area contributed by atoms with Crippen molar-refractivity contribution >= 4 is 12.4 Å². The average Bonchev–Trinajstić information content (AvgIpc) is 2.41. The lowest BCUT2D eigenvalue weighted by atomic mass is 10.1. The number of aliphatic hydroxyl groups excluding tert-OH is 2. The summed E-state index contributed by atoms with van der Waals surface area (Å²) in [5.74, 6) is 0. The van der Waals surface area contributed by atoms with Crippen molar-refractivity contribution in [3.8, 4) is 0 Å². The van der Waals surface area contributed by atoms with Crippen LogP contribution in [0.25, 0.3) is 0 Å². The number of halogens is 1. The highest BCUT2D eigenvalue weighted by Crippen LogP contribution is 2.26. The summed E-state index contributed by atoms with van der Waals surface area (Å²) in [4.78, 5) is 0. The third-order valence-corrected chi connectivity index (χ3v) is 2.00. The highest BCUT2D eigenvalue weighted by Gasteiger charge is 2.46. The molecule has 4 nitrogen and oxygen atoms in total. The van der Waals surface area contributed by atoms with Crippen LogP contribution in [0.3, 0.4) is 0 Å². The molecular weight excluding hydrogens is 172 g/mol. The summed E-state index contributed by atoms with van der Waals surface area (Å²) in [6, 6.07) is 0. The molecule has 0 aromatic carbocycles. The molecule has 2 heterocycles. The maximum atomic E-state index is 9.16. The van der Waals surface area contributed by atoms with E-state index >= 15 is 0 Å². The molecule has 0 amide bonds. The van der Waals surface area contributed by atoms with Crippen LogP contribution in [0.2, 0.25) is 0 Å². The normalized spacial score (nSPS) is 48.5. The van der Waals surface area contributed by atoms with Gasteiger partial charge in [-0.1, -0.05) is 0 Å². The van der Waals surface area contributed by atoms with E-state index in [1.54, 1.807) is 0 Å². The van der Waals surface area contributed by atoms with E-state index in [0.29, 0.717) is 0 Å². The molecule has 0 bridgehead atoms. The third-order valence-electron chi connectivity index (χ3n) is 2.00. The fourth-order valence-corrected chi connectivity index (χ4v) is 1.46. The molecule has 5 heteroatoms. The van der Waals surface area contributed by atoms with Crippen molar-refractivity contribution in [2.75, 3.05) is 13.2 Å². The van der Waals surface area contributed by atoms with Crippen LogP contribution >= 0.6 is 12.4 Å². The van der Waals surface area contributed by atoms with Crippen molar-refractivity contribution < 1.29 is 19.7 Å². The largest absolute Gasteiger partial charge is 0.388 e. The summed E-state index contributed by atoms with van der Waals surface area (Å²) in [5.41, 5.74) is 0. The summed E-state index contributed by atoms with van der Waals surface area (Å²) in [7, 11) is 0. The van der Waals surface area contributed by atoms with Gasteiger partial charge in [-0.15, -0.1) is 12.4 Å². The van der Waals surface area contributed by atoms with Crippen molar-refractivity contribution in [2.45, 2.75) is 24.4 Å². The van der Waals surface area contributed by atoms with Crippen LogP contribution in [0.15, 0.2) is 0 Å². The van der Waals surface area contributed by atoms with Gasteiger partial charge in [0.2, 0.25) is 0 Å². The van der Waals surface area contributed by atoms with Gasteiger partial charge < -0.3 is 19.7 Å².